The smallest absolute Gasteiger partial charge is 0.130 e. The number of aliphatic hydroxyl groups excluding tert-OH is 1. The third-order valence-electron chi connectivity index (χ3n) is 2.81. The number of aliphatic hydroxyl groups is 1. The molecule has 1 atom stereocenters. The van der Waals surface area contributed by atoms with Crippen molar-refractivity contribution in [2.24, 2.45) is 0 Å². The molecule has 1 unspecified atom stereocenters. The van der Waals surface area contributed by atoms with Crippen molar-refractivity contribution in [3.63, 3.8) is 0 Å². The summed E-state index contributed by atoms with van der Waals surface area (Å²) in [5.74, 6) is 0.238. The molecule has 0 aromatic heterocycles. The molecule has 1 aromatic carbocycles. The maximum absolute atomic E-state index is 13.8. The molecule has 90 valence electrons. The van der Waals surface area contributed by atoms with Gasteiger partial charge in [-0.2, -0.15) is 0 Å². The molecule has 0 radical (unpaired) electrons. The molecule has 16 heavy (non-hydrogen) atoms. The Labute approximate surface area is 97.1 Å². The fraction of sp³-hybridized carbons (Fsp3) is 0.500. The Hall–Kier alpha value is -0.873. The molecule has 0 saturated carbocycles. The normalized spacial score (nSPS) is 13.6. The third kappa shape index (κ3) is 2.62. The molecule has 0 spiro atoms. The van der Waals surface area contributed by atoms with E-state index in [2.05, 4.69) is 19.6 Å². The summed E-state index contributed by atoms with van der Waals surface area (Å²) < 4.78 is 19.0. The minimum atomic E-state index is -1.68. The maximum Gasteiger partial charge on any atom is 0.130 e. The van der Waals surface area contributed by atoms with E-state index in [1.807, 2.05) is 0 Å². The van der Waals surface area contributed by atoms with Crippen molar-refractivity contribution in [3.8, 4) is 5.75 Å². The van der Waals surface area contributed by atoms with E-state index in [1.54, 1.807) is 12.1 Å². The van der Waals surface area contributed by atoms with Gasteiger partial charge in [-0.1, -0.05) is 25.7 Å². The van der Waals surface area contributed by atoms with Crippen LogP contribution in [0.2, 0.25) is 19.6 Å². The largest absolute Gasteiger partial charge is 0.496 e. The van der Waals surface area contributed by atoms with Crippen molar-refractivity contribution < 1.29 is 14.2 Å². The van der Waals surface area contributed by atoms with Crippen molar-refractivity contribution in [1.82, 2.24) is 0 Å². The summed E-state index contributed by atoms with van der Waals surface area (Å²) in [5.41, 5.74) is 0.385. The van der Waals surface area contributed by atoms with Gasteiger partial charge >= 0.3 is 0 Å². The molecular formula is C12H19FO2Si. The van der Waals surface area contributed by atoms with Gasteiger partial charge in [0.2, 0.25) is 0 Å². The Balaban J connectivity index is 3.29. The molecular weight excluding hydrogens is 223 g/mol. The van der Waals surface area contributed by atoms with Crippen LogP contribution in [0.4, 0.5) is 4.39 Å². The minimum Gasteiger partial charge on any atom is -0.496 e. The highest BCUT2D eigenvalue weighted by atomic mass is 28.3. The van der Waals surface area contributed by atoms with Crippen LogP contribution < -0.4 is 4.74 Å². The molecule has 0 heterocycles. The fourth-order valence-corrected chi connectivity index (χ4v) is 3.53. The predicted octanol–water partition coefficient (Wildman–Crippen LogP) is 2.79. The molecule has 1 aromatic rings. The lowest BCUT2D eigenvalue weighted by Crippen LogP contribution is -2.34. The van der Waals surface area contributed by atoms with Crippen molar-refractivity contribution in [2.45, 2.75) is 25.2 Å². The summed E-state index contributed by atoms with van der Waals surface area (Å²) in [5, 5.41) is 9.47. The first-order valence-electron chi connectivity index (χ1n) is 5.35. The van der Waals surface area contributed by atoms with E-state index in [0.29, 0.717) is 11.3 Å². The summed E-state index contributed by atoms with van der Waals surface area (Å²) in [6, 6.07) is 4.78. The van der Waals surface area contributed by atoms with Crippen LogP contribution in [-0.2, 0) is 0 Å². The van der Waals surface area contributed by atoms with Crippen LogP contribution >= 0.6 is 0 Å². The van der Waals surface area contributed by atoms with E-state index < -0.39 is 8.07 Å². The molecule has 1 rings (SSSR count). The molecule has 2 nitrogen and oxygen atoms in total. The van der Waals surface area contributed by atoms with E-state index in [0.717, 1.165) is 0 Å². The molecule has 0 aliphatic carbocycles. The molecule has 0 amide bonds. The number of halogens is 1. The predicted molar refractivity (Wildman–Crippen MR) is 66.1 cm³/mol. The van der Waals surface area contributed by atoms with Gasteiger partial charge in [0.05, 0.1) is 15.2 Å². The number of ether oxygens (including phenoxy) is 1. The average molecular weight is 242 g/mol. The van der Waals surface area contributed by atoms with Gasteiger partial charge in [-0.3, -0.25) is 0 Å². The average Bonchev–Trinajstić information content (AvgIpc) is 2.19. The van der Waals surface area contributed by atoms with E-state index in [9.17, 15) is 9.50 Å². The van der Waals surface area contributed by atoms with Crippen molar-refractivity contribution in [2.75, 3.05) is 13.7 Å². The van der Waals surface area contributed by atoms with Crippen molar-refractivity contribution in [1.29, 1.82) is 0 Å². The van der Waals surface area contributed by atoms with Crippen LogP contribution in [0, 0.1) is 5.82 Å². The van der Waals surface area contributed by atoms with Crippen molar-refractivity contribution >= 4 is 8.07 Å². The molecule has 0 aliphatic rings. The summed E-state index contributed by atoms with van der Waals surface area (Å²) in [4.78, 5) is 0. The summed E-state index contributed by atoms with van der Waals surface area (Å²) in [6.45, 7) is 6.30. The lowest BCUT2D eigenvalue weighted by atomic mass is 10.1. The van der Waals surface area contributed by atoms with E-state index in [-0.39, 0.29) is 18.0 Å². The van der Waals surface area contributed by atoms with Gasteiger partial charge in [-0.15, -0.1) is 0 Å². The lowest BCUT2D eigenvalue weighted by Gasteiger charge is -2.29. The molecule has 4 heteroatoms. The van der Waals surface area contributed by atoms with Gasteiger partial charge in [0.25, 0.3) is 0 Å². The van der Waals surface area contributed by atoms with Crippen LogP contribution in [0.15, 0.2) is 18.2 Å². The molecule has 1 N–H and O–H groups in total. The molecule has 0 saturated heterocycles. The first-order valence-corrected chi connectivity index (χ1v) is 8.92. The molecule has 0 aliphatic heterocycles. The maximum atomic E-state index is 13.8. The van der Waals surface area contributed by atoms with E-state index in [4.69, 9.17) is 4.74 Å². The zero-order valence-corrected chi connectivity index (χ0v) is 11.2. The van der Waals surface area contributed by atoms with Crippen LogP contribution in [-0.4, -0.2) is 26.9 Å². The number of benzene rings is 1. The van der Waals surface area contributed by atoms with Crippen molar-refractivity contribution in [3.05, 3.63) is 29.6 Å². The molecule has 0 fully saturated rings. The highest BCUT2D eigenvalue weighted by molar-refractivity contribution is 6.77. The molecule has 0 bridgehead atoms. The van der Waals surface area contributed by atoms with Gasteiger partial charge in [0, 0.05) is 17.7 Å². The summed E-state index contributed by atoms with van der Waals surface area (Å²) >= 11 is 0. The lowest BCUT2D eigenvalue weighted by molar-refractivity contribution is 0.284. The summed E-state index contributed by atoms with van der Waals surface area (Å²) in [6.07, 6.45) is 0. The number of hydrogen-bond donors (Lipinski definition) is 1. The van der Waals surface area contributed by atoms with Gasteiger partial charge in [-0.25, -0.2) is 4.39 Å². The third-order valence-corrected chi connectivity index (χ3v) is 5.37. The Morgan fingerprint density at radius 2 is 2.00 bits per heavy atom. The van der Waals surface area contributed by atoms with Crippen LogP contribution in [0.3, 0.4) is 0 Å². The van der Waals surface area contributed by atoms with Gasteiger partial charge in [-0.05, 0) is 12.1 Å². The van der Waals surface area contributed by atoms with Crippen LogP contribution in [0.1, 0.15) is 11.1 Å². The fourth-order valence-electron chi connectivity index (χ4n) is 1.83. The second-order valence-electron chi connectivity index (χ2n) is 4.96. The summed E-state index contributed by atoms with van der Waals surface area (Å²) in [7, 11) is -0.152. The highest BCUT2D eigenvalue weighted by Gasteiger charge is 2.32. The Bertz CT molecular complexity index is 361. The van der Waals surface area contributed by atoms with Crippen LogP contribution in [0.25, 0.3) is 0 Å². The van der Waals surface area contributed by atoms with Gasteiger partial charge < -0.3 is 9.84 Å². The minimum absolute atomic E-state index is 0.0347. The monoisotopic (exact) mass is 242 g/mol. The second-order valence-corrected chi connectivity index (χ2v) is 10.4. The van der Waals surface area contributed by atoms with E-state index in [1.165, 1.54) is 13.2 Å². The topological polar surface area (TPSA) is 29.5 Å². The Kier molecular flexibility index (Phi) is 4.10. The Morgan fingerprint density at radius 1 is 1.38 bits per heavy atom. The highest BCUT2D eigenvalue weighted by Crippen LogP contribution is 2.34. The zero-order valence-electron chi connectivity index (χ0n) is 10.2. The SMILES string of the molecule is COc1cccc(F)c1C(CO)[Si](C)(C)C. The number of rotatable bonds is 4. The quantitative estimate of drug-likeness (QED) is 0.823. The first-order chi connectivity index (χ1) is 7.41. The van der Waals surface area contributed by atoms with Gasteiger partial charge in [0.1, 0.15) is 11.6 Å². The first kappa shape index (κ1) is 13.2. The van der Waals surface area contributed by atoms with E-state index >= 15 is 0 Å². The Morgan fingerprint density at radius 3 is 2.44 bits per heavy atom. The second kappa shape index (κ2) is 4.97. The zero-order chi connectivity index (χ0) is 12.3. The standard InChI is InChI=1S/C12H19FO2Si/c1-15-10-7-5-6-9(13)12(10)11(8-14)16(2,3)4/h5-7,11,14H,8H2,1-4H3. The number of hydrogen-bond acceptors (Lipinski definition) is 2. The number of methoxy groups -OCH3 is 1. The van der Waals surface area contributed by atoms with Crippen LogP contribution in [0.5, 0.6) is 5.75 Å². The van der Waals surface area contributed by atoms with Gasteiger partial charge in [0.15, 0.2) is 0 Å².